The average molecular weight is 543 g/mol. The Bertz CT molecular complexity index is 1360. The second-order valence-corrected chi connectivity index (χ2v) is 8.35. The summed E-state index contributed by atoms with van der Waals surface area (Å²) in [5.74, 6) is -1.14. The van der Waals surface area contributed by atoms with Crippen molar-refractivity contribution in [3.05, 3.63) is 54.8 Å². The SMILES string of the molecule is CN(C)/C=C(/C=[N+](C)C)c1ncnc2[nH]ccc12.O=C([O-])Cc1ncnc2[nH]ccc12.[Na+].[O-][Cl+3]([O-])([O-])[O-]. The first-order valence-electron chi connectivity index (χ1n) is 10.1. The van der Waals surface area contributed by atoms with Crippen molar-refractivity contribution in [2.75, 3.05) is 28.2 Å². The van der Waals surface area contributed by atoms with Gasteiger partial charge in [-0.15, -0.1) is 10.2 Å². The van der Waals surface area contributed by atoms with Crippen LogP contribution >= 0.6 is 0 Å². The third kappa shape index (κ3) is 11.3. The monoisotopic (exact) mass is 542 g/mol. The van der Waals surface area contributed by atoms with Crippen LogP contribution in [0.5, 0.6) is 0 Å². The Morgan fingerprint density at radius 1 is 0.973 bits per heavy atom. The molecule has 0 aliphatic heterocycles. The number of halogens is 1. The zero-order chi connectivity index (χ0) is 26.9. The predicted molar refractivity (Wildman–Crippen MR) is 116 cm³/mol. The molecule has 4 heterocycles. The van der Waals surface area contributed by atoms with E-state index in [1.165, 1.54) is 6.33 Å². The predicted octanol–water partition coefficient (Wildman–Crippen LogP) is -7.30. The van der Waals surface area contributed by atoms with E-state index in [2.05, 4.69) is 42.3 Å². The number of fused-ring (bicyclic) bond motifs is 2. The number of allylic oxidation sites excluding steroid dienone is 1. The Labute approximate surface area is 236 Å². The van der Waals surface area contributed by atoms with Gasteiger partial charge in [0, 0.05) is 55.9 Å². The minimum absolute atomic E-state index is 0. The largest absolute Gasteiger partial charge is 1.00 e. The van der Waals surface area contributed by atoms with Crippen LogP contribution < -0.4 is 53.3 Å². The van der Waals surface area contributed by atoms with E-state index in [0.29, 0.717) is 11.3 Å². The molecule has 0 unspecified atom stereocenters. The smallest absolute Gasteiger partial charge is 0.550 e. The Hall–Kier alpha value is -2.95. The molecular weight excluding hydrogens is 519 g/mol. The van der Waals surface area contributed by atoms with Crippen LogP contribution in [0.4, 0.5) is 0 Å². The molecule has 0 amide bonds. The van der Waals surface area contributed by atoms with E-state index in [4.69, 9.17) is 18.6 Å². The Morgan fingerprint density at radius 3 is 2.00 bits per heavy atom. The van der Waals surface area contributed by atoms with E-state index in [1.807, 2.05) is 49.9 Å². The average Bonchev–Trinajstić information content (AvgIpc) is 3.41. The topological polar surface area (TPSA) is 222 Å². The zero-order valence-electron chi connectivity index (χ0n) is 20.8. The minimum Gasteiger partial charge on any atom is -0.550 e. The molecule has 37 heavy (non-hydrogen) atoms. The number of carbonyl (C=O) groups excluding carboxylic acids is 1. The standard InChI is InChI=1S/C13H18N5.C8H7N3O2.ClHO4.Na/c1-17(2)7-10(8-18(3)4)12-11-5-6-14-13(11)16-9-15-12;12-7(13)3-6-5-1-2-9-8(5)11-4-10-6;2-1(3,4)5;/h5-9H,1-4H3,(H,14,15,16);1-2,4H,3H2,(H,12,13)(H,9,10,11);(H,2,3,4,5);/q+1;;;+1/p-2. The molecule has 4 aromatic heterocycles. The van der Waals surface area contributed by atoms with Gasteiger partial charge in [0.2, 0.25) is 0 Å². The summed E-state index contributed by atoms with van der Waals surface area (Å²) in [7, 11) is 3.05. The van der Waals surface area contributed by atoms with Crippen LogP contribution in [0.15, 0.2) is 43.4 Å². The molecule has 4 rings (SSSR count). The molecule has 192 valence electrons. The maximum atomic E-state index is 10.4. The van der Waals surface area contributed by atoms with Crippen molar-refractivity contribution in [2.24, 2.45) is 0 Å². The van der Waals surface area contributed by atoms with Crippen LogP contribution in [-0.4, -0.2) is 79.8 Å². The third-order valence-electron chi connectivity index (χ3n) is 4.17. The molecule has 0 atom stereocenters. The van der Waals surface area contributed by atoms with Crippen LogP contribution in [0.25, 0.3) is 27.6 Å². The fourth-order valence-electron chi connectivity index (χ4n) is 3.02. The van der Waals surface area contributed by atoms with Gasteiger partial charge in [-0.2, -0.15) is 0 Å². The van der Waals surface area contributed by atoms with Crippen LogP contribution in [0.1, 0.15) is 11.4 Å². The first-order chi connectivity index (χ1) is 16.8. The summed E-state index contributed by atoms with van der Waals surface area (Å²) in [5.41, 5.74) is 3.97. The fraction of sp³-hybridized carbons (Fsp3) is 0.238. The Balaban J connectivity index is 0.000000316. The van der Waals surface area contributed by atoms with Gasteiger partial charge in [-0.05, 0) is 12.1 Å². The van der Waals surface area contributed by atoms with Gasteiger partial charge >= 0.3 is 29.6 Å². The molecule has 0 saturated carbocycles. The normalized spacial score (nSPS) is 11.0. The summed E-state index contributed by atoms with van der Waals surface area (Å²) in [6.07, 6.45) is 10.4. The zero-order valence-corrected chi connectivity index (χ0v) is 23.6. The number of nitrogens with one attached hydrogen (secondary N) is 2. The van der Waals surface area contributed by atoms with Crippen molar-refractivity contribution in [1.29, 1.82) is 0 Å². The Kier molecular flexibility index (Phi) is 12.7. The van der Waals surface area contributed by atoms with Crippen molar-refractivity contribution < 1.29 is 72.9 Å². The van der Waals surface area contributed by atoms with E-state index in [1.54, 1.807) is 18.6 Å². The van der Waals surface area contributed by atoms with Crippen LogP contribution in [0, 0.1) is 10.2 Å². The summed E-state index contributed by atoms with van der Waals surface area (Å²) in [5, 5.41) is 12.1. The first-order valence-corrected chi connectivity index (χ1v) is 11.3. The second kappa shape index (κ2) is 14.7. The van der Waals surface area contributed by atoms with E-state index in [9.17, 15) is 9.90 Å². The van der Waals surface area contributed by atoms with E-state index >= 15 is 0 Å². The van der Waals surface area contributed by atoms with Crippen LogP contribution in [0.2, 0.25) is 0 Å². The number of H-pyrrole nitrogens is 2. The van der Waals surface area contributed by atoms with E-state index in [-0.39, 0.29) is 36.0 Å². The first kappa shape index (κ1) is 32.1. The molecule has 0 spiro atoms. The van der Waals surface area contributed by atoms with Gasteiger partial charge in [0.15, 0.2) is 6.21 Å². The number of carboxylic acids is 1. The number of rotatable bonds is 5. The van der Waals surface area contributed by atoms with Crippen molar-refractivity contribution in [3.63, 3.8) is 0 Å². The van der Waals surface area contributed by atoms with Gasteiger partial charge in [0.05, 0.1) is 17.0 Å². The fourth-order valence-corrected chi connectivity index (χ4v) is 3.02. The number of aliphatic carboxylic acids is 1. The van der Waals surface area contributed by atoms with Crippen molar-refractivity contribution in [2.45, 2.75) is 6.42 Å². The van der Waals surface area contributed by atoms with Gasteiger partial charge in [-0.3, -0.25) is 0 Å². The molecule has 0 bridgehead atoms. The van der Waals surface area contributed by atoms with Crippen molar-refractivity contribution in [1.82, 2.24) is 34.8 Å². The molecule has 2 N–H and O–H groups in total. The molecular formula is C21H24ClN8NaO6. The minimum atomic E-state index is -4.94. The maximum Gasteiger partial charge on any atom is 1.00 e. The molecule has 0 saturated heterocycles. The number of nitrogens with zero attached hydrogens (tertiary/aromatic N) is 6. The summed E-state index contributed by atoms with van der Waals surface area (Å²) in [6.45, 7) is 0. The summed E-state index contributed by atoms with van der Waals surface area (Å²) < 4.78 is 36.0. The van der Waals surface area contributed by atoms with Gasteiger partial charge in [0.1, 0.15) is 38.0 Å². The number of aromatic nitrogens is 6. The quantitative estimate of drug-likeness (QED) is 0.137. The molecule has 16 heteroatoms. The molecule has 14 nitrogen and oxygen atoms in total. The number of carboxylic acid groups (broad SMARTS) is 1. The summed E-state index contributed by atoms with van der Waals surface area (Å²) >= 11 is 0. The van der Waals surface area contributed by atoms with E-state index in [0.717, 1.165) is 27.7 Å². The molecule has 0 aliphatic rings. The number of aromatic amines is 2. The van der Waals surface area contributed by atoms with Gasteiger partial charge in [-0.25, -0.2) is 43.1 Å². The molecule has 0 aliphatic carbocycles. The second-order valence-electron chi connectivity index (χ2n) is 7.59. The molecule has 4 aromatic rings. The van der Waals surface area contributed by atoms with Crippen molar-refractivity contribution in [3.8, 4) is 0 Å². The van der Waals surface area contributed by atoms with E-state index < -0.39 is 16.2 Å². The maximum absolute atomic E-state index is 10.4. The summed E-state index contributed by atoms with van der Waals surface area (Å²) in [6, 6.07) is 3.74. The van der Waals surface area contributed by atoms with Crippen molar-refractivity contribution >= 4 is 39.8 Å². The summed E-state index contributed by atoms with van der Waals surface area (Å²) in [4.78, 5) is 34.7. The third-order valence-corrected chi connectivity index (χ3v) is 4.17. The Morgan fingerprint density at radius 2 is 1.49 bits per heavy atom. The number of hydrogen-bond donors (Lipinski definition) is 2. The van der Waals surface area contributed by atoms with Gasteiger partial charge in [-0.1, -0.05) is 0 Å². The van der Waals surface area contributed by atoms with Gasteiger partial charge in [0.25, 0.3) is 0 Å². The van der Waals surface area contributed by atoms with Gasteiger partial charge < -0.3 is 24.8 Å². The molecule has 0 fully saturated rings. The van der Waals surface area contributed by atoms with Crippen LogP contribution in [0.3, 0.4) is 0 Å². The molecule has 0 radical (unpaired) electrons. The number of carbonyl (C=O) groups is 1. The number of hydrogen-bond acceptors (Lipinski definition) is 11. The molecule has 0 aromatic carbocycles. The van der Waals surface area contributed by atoms with Crippen LogP contribution in [-0.2, 0) is 11.2 Å².